The predicted molar refractivity (Wildman–Crippen MR) is 190 cm³/mol. The Hall–Kier alpha value is -2.88. The Labute approximate surface area is 283 Å². The van der Waals surface area contributed by atoms with Crippen molar-refractivity contribution in [1.29, 1.82) is 0 Å². The molecule has 258 valence electrons. The first-order chi connectivity index (χ1) is 21.2. The Morgan fingerprint density at radius 1 is 1.11 bits per heavy atom. The van der Waals surface area contributed by atoms with Gasteiger partial charge in [0.1, 0.15) is 12.1 Å². The lowest BCUT2D eigenvalue weighted by Gasteiger charge is -2.39. The molecule has 1 rings (SSSR count). The zero-order valence-corrected chi connectivity index (χ0v) is 31.7. The SMILES string of the molecule is COC1=CC[C@@H]([C@@H](C)/C=C(C)/C=C/C=C/C(=O)N[C@H](C(=O)N/C=C\C[C@@H](C/C=C(\C)Cl)O[Si](C)(C)C(C)(C)C)C(C)(C)C)OC1=O. The van der Waals surface area contributed by atoms with Crippen LogP contribution in [0, 0.1) is 11.3 Å². The van der Waals surface area contributed by atoms with Gasteiger partial charge in [-0.15, -0.1) is 0 Å². The third kappa shape index (κ3) is 14.7. The summed E-state index contributed by atoms with van der Waals surface area (Å²) in [7, 11) is -0.554. The molecule has 0 fully saturated rings. The number of esters is 1. The van der Waals surface area contributed by atoms with Gasteiger partial charge < -0.3 is 24.5 Å². The van der Waals surface area contributed by atoms with Crippen LogP contribution in [0.2, 0.25) is 18.1 Å². The molecule has 2 amide bonds. The molecule has 1 heterocycles. The van der Waals surface area contributed by atoms with Crippen molar-refractivity contribution in [2.24, 2.45) is 11.3 Å². The van der Waals surface area contributed by atoms with Crippen LogP contribution in [-0.4, -0.2) is 51.5 Å². The molecular formula is C36H57ClN2O6Si. The van der Waals surface area contributed by atoms with E-state index in [9.17, 15) is 14.4 Å². The number of ether oxygens (including phenoxy) is 2. The van der Waals surface area contributed by atoms with Gasteiger partial charge in [-0.05, 0) is 62.5 Å². The van der Waals surface area contributed by atoms with Gasteiger partial charge in [0, 0.05) is 23.4 Å². The summed E-state index contributed by atoms with van der Waals surface area (Å²) in [6.45, 7) is 22.5. The molecule has 0 aromatic heterocycles. The quantitative estimate of drug-likeness (QED) is 0.0789. The van der Waals surface area contributed by atoms with Gasteiger partial charge in [0.2, 0.25) is 11.8 Å². The number of halogens is 1. The first-order valence-electron chi connectivity index (χ1n) is 15.9. The molecule has 46 heavy (non-hydrogen) atoms. The minimum Gasteiger partial charge on any atom is -0.490 e. The molecule has 1 aliphatic heterocycles. The summed E-state index contributed by atoms with van der Waals surface area (Å²) < 4.78 is 17.1. The summed E-state index contributed by atoms with van der Waals surface area (Å²) in [5.41, 5.74) is 0.435. The molecular weight excluding hydrogens is 620 g/mol. The van der Waals surface area contributed by atoms with Gasteiger partial charge in [0.15, 0.2) is 14.1 Å². The Morgan fingerprint density at radius 2 is 1.74 bits per heavy atom. The fourth-order valence-electron chi connectivity index (χ4n) is 4.36. The maximum Gasteiger partial charge on any atom is 0.373 e. The lowest BCUT2D eigenvalue weighted by Crippen LogP contribution is -2.52. The topological polar surface area (TPSA) is 103 Å². The van der Waals surface area contributed by atoms with Crippen molar-refractivity contribution < 1.29 is 28.3 Å². The van der Waals surface area contributed by atoms with E-state index in [-0.39, 0.29) is 40.7 Å². The molecule has 0 aromatic rings. The largest absolute Gasteiger partial charge is 0.490 e. The van der Waals surface area contributed by atoms with Crippen LogP contribution >= 0.6 is 11.6 Å². The van der Waals surface area contributed by atoms with E-state index in [1.165, 1.54) is 13.2 Å². The molecule has 0 spiro atoms. The van der Waals surface area contributed by atoms with E-state index in [0.717, 1.165) is 10.6 Å². The number of hydrogen-bond acceptors (Lipinski definition) is 6. The van der Waals surface area contributed by atoms with Crippen LogP contribution in [0.3, 0.4) is 0 Å². The van der Waals surface area contributed by atoms with Gasteiger partial charge in [-0.2, -0.15) is 0 Å². The van der Waals surface area contributed by atoms with Crippen LogP contribution in [-0.2, 0) is 28.3 Å². The second-order valence-corrected chi connectivity index (χ2v) is 19.8. The van der Waals surface area contributed by atoms with Crippen molar-refractivity contribution in [3.8, 4) is 0 Å². The number of cyclic esters (lactones) is 1. The zero-order valence-electron chi connectivity index (χ0n) is 30.0. The van der Waals surface area contributed by atoms with Gasteiger partial charge in [0.05, 0.1) is 13.2 Å². The summed E-state index contributed by atoms with van der Waals surface area (Å²) in [6.07, 6.45) is 17.4. The minimum absolute atomic E-state index is 0.00193. The van der Waals surface area contributed by atoms with Crippen molar-refractivity contribution in [2.45, 2.75) is 118 Å². The molecule has 0 aromatic carbocycles. The monoisotopic (exact) mass is 676 g/mol. The van der Waals surface area contributed by atoms with Crippen molar-refractivity contribution in [3.05, 3.63) is 71.2 Å². The standard InChI is InChI=1S/C36H57ClN2O6Si/c1-25(24-26(2)29-21-22-30(43-10)34(42)44-29)16-13-14-18-31(40)39-32(35(4,5)6)33(41)38-23-15-17-28(20-19-27(3)37)45-46(11,12)36(7,8)9/h13-16,18-19,22-24,26,28-29,32H,17,20-21H2,1-12H3,(H,38,41)(H,39,40)/b16-13+,18-14+,23-15-,25-24+,27-19+/t26-,28-,29-,32+/m0/s1. The molecule has 0 radical (unpaired) electrons. The number of nitrogens with one attached hydrogen (secondary N) is 2. The van der Waals surface area contributed by atoms with Gasteiger partial charge in [0.25, 0.3) is 0 Å². The summed E-state index contributed by atoms with van der Waals surface area (Å²) in [5, 5.41) is 6.46. The number of amides is 2. The van der Waals surface area contributed by atoms with E-state index in [2.05, 4.69) is 44.5 Å². The van der Waals surface area contributed by atoms with E-state index in [1.54, 1.807) is 24.4 Å². The highest BCUT2D eigenvalue weighted by Crippen LogP contribution is 2.38. The highest BCUT2D eigenvalue weighted by atomic mass is 35.5. The van der Waals surface area contributed by atoms with E-state index >= 15 is 0 Å². The first-order valence-corrected chi connectivity index (χ1v) is 19.2. The molecule has 2 N–H and O–H groups in total. The number of hydrogen-bond donors (Lipinski definition) is 2. The maximum absolute atomic E-state index is 13.1. The van der Waals surface area contributed by atoms with Crippen LogP contribution in [0.15, 0.2) is 71.2 Å². The highest BCUT2D eigenvalue weighted by Gasteiger charge is 2.39. The summed E-state index contributed by atoms with van der Waals surface area (Å²) in [4.78, 5) is 37.8. The summed E-state index contributed by atoms with van der Waals surface area (Å²) in [6, 6.07) is -0.757. The Balaban J connectivity index is 2.79. The van der Waals surface area contributed by atoms with E-state index < -0.39 is 25.7 Å². The molecule has 0 aliphatic carbocycles. The average molecular weight is 677 g/mol. The Morgan fingerprint density at radius 3 is 2.28 bits per heavy atom. The number of methoxy groups -OCH3 is 1. The Kier molecular flexibility index (Phi) is 16.5. The van der Waals surface area contributed by atoms with E-state index in [0.29, 0.717) is 19.3 Å². The van der Waals surface area contributed by atoms with Crippen LogP contribution < -0.4 is 10.6 Å². The van der Waals surface area contributed by atoms with Crippen LogP contribution in [0.1, 0.15) is 81.6 Å². The van der Waals surface area contributed by atoms with Gasteiger partial charge in [-0.25, -0.2) is 4.79 Å². The van der Waals surface area contributed by atoms with Crippen LogP contribution in [0.4, 0.5) is 0 Å². The fourth-order valence-corrected chi connectivity index (χ4v) is 5.82. The third-order valence-electron chi connectivity index (χ3n) is 8.13. The van der Waals surface area contributed by atoms with E-state index in [1.807, 2.05) is 65.8 Å². The van der Waals surface area contributed by atoms with Crippen molar-refractivity contribution in [3.63, 3.8) is 0 Å². The van der Waals surface area contributed by atoms with Crippen molar-refractivity contribution in [1.82, 2.24) is 10.6 Å². The van der Waals surface area contributed by atoms with Crippen LogP contribution in [0.25, 0.3) is 0 Å². The van der Waals surface area contributed by atoms with Gasteiger partial charge in [-0.1, -0.05) is 102 Å². The molecule has 0 bridgehead atoms. The number of carbonyl (C=O) groups excluding carboxylic acids is 3. The lowest BCUT2D eigenvalue weighted by atomic mass is 9.86. The van der Waals surface area contributed by atoms with Crippen molar-refractivity contribution >= 4 is 37.7 Å². The molecule has 0 unspecified atom stereocenters. The molecule has 0 saturated heterocycles. The smallest absolute Gasteiger partial charge is 0.373 e. The molecule has 0 saturated carbocycles. The number of allylic oxidation sites excluding steroid dienone is 5. The molecule has 10 heteroatoms. The molecule has 4 atom stereocenters. The van der Waals surface area contributed by atoms with Gasteiger partial charge >= 0.3 is 5.97 Å². The third-order valence-corrected chi connectivity index (χ3v) is 12.8. The average Bonchev–Trinajstić information content (AvgIpc) is 2.93. The number of rotatable bonds is 15. The molecule has 1 aliphatic rings. The number of carbonyl (C=O) groups is 3. The second kappa shape index (κ2) is 18.5. The zero-order chi connectivity index (χ0) is 35.3. The first kappa shape index (κ1) is 41.1. The summed E-state index contributed by atoms with van der Waals surface area (Å²) in [5.74, 6) is -0.899. The van der Waals surface area contributed by atoms with Gasteiger partial charge in [-0.3, -0.25) is 9.59 Å². The van der Waals surface area contributed by atoms with E-state index in [4.69, 9.17) is 25.5 Å². The fraction of sp³-hybridized carbons (Fsp3) is 0.583. The minimum atomic E-state index is -2.00. The molecule has 8 nitrogen and oxygen atoms in total. The lowest BCUT2D eigenvalue weighted by molar-refractivity contribution is -0.151. The van der Waals surface area contributed by atoms with Crippen molar-refractivity contribution in [2.75, 3.05) is 7.11 Å². The second-order valence-electron chi connectivity index (χ2n) is 14.4. The van der Waals surface area contributed by atoms with Crippen LogP contribution in [0.5, 0.6) is 0 Å². The highest BCUT2D eigenvalue weighted by molar-refractivity contribution is 6.74. The Bertz CT molecular complexity index is 1230. The summed E-state index contributed by atoms with van der Waals surface area (Å²) >= 11 is 6.09. The maximum atomic E-state index is 13.1. The normalized spacial score (nSPS) is 19.2. The predicted octanol–water partition coefficient (Wildman–Crippen LogP) is 8.00.